The van der Waals surface area contributed by atoms with Gasteiger partial charge in [-0.25, -0.2) is 4.98 Å². The highest BCUT2D eigenvalue weighted by Gasteiger charge is 2.56. The zero-order chi connectivity index (χ0) is 13.5. The number of aryl methyl sites for hydroxylation is 1. The number of halogens is 2. The van der Waals surface area contributed by atoms with Crippen molar-refractivity contribution >= 4 is 35.0 Å². The van der Waals surface area contributed by atoms with Gasteiger partial charge in [-0.05, 0) is 12.0 Å². The van der Waals surface area contributed by atoms with Crippen LogP contribution >= 0.6 is 35.0 Å². The van der Waals surface area contributed by atoms with Gasteiger partial charge >= 0.3 is 0 Å². The summed E-state index contributed by atoms with van der Waals surface area (Å²) in [6.07, 6.45) is 4.60. The highest BCUT2D eigenvalue weighted by atomic mass is 35.5. The van der Waals surface area contributed by atoms with Gasteiger partial charge in [-0.1, -0.05) is 42.1 Å². The van der Waals surface area contributed by atoms with Crippen molar-refractivity contribution in [1.82, 2.24) is 9.55 Å². The Labute approximate surface area is 127 Å². The highest BCUT2D eigenvalue weighted by molar-refractivity contribution is 7.99. The molecule has 2 atom stereocenters. The van der Waals surface area contributed by atoms with Crippen molar-refractivity contribution in [2.75, 3.05) is 0 Å². The number of alkyl halides is 2. The van der Waals surface area contributed by atoms with Crippen LogP contribution in [0.25, 0.3) is 0 Å². The van der Waals surface area contributed by atoms with Gasteiger partial charge in [0.15, 0.2) is 5.16 Å². The summed E-state index contributed by atoms with van der Waals surface area (Å²) >= 11 is 14.2. The molecule has 1 aromatic heterocycles. The van der Waals surface area contributed by atoms with Gasteiger partial charge in [-0.3, -0.25) is 0 Å². The van der Waals surface area contributed by atoms with E-state index in [-0.39, 0.29) is 11.2 Å². The Morgan fingerprint density at radius 3 is 2.58 bits per heavy atom. The molecule has 0 saturated heterocycles. The lowest BCUT2D eigenvalue weighted by Gasteiger charge is -2.17. The second-order valence-electron chi connectivity index (χ2n) is 4.84. The minimum atomic E-state index is -0.585. The summed E-state index contributed by atoms with van der Waals surface area (Å²) in [4.78, 5) is 4.38. The number of hydrogen-bond acceptors (Lipinski definition) is 2. The van der Waals surface area contributed by atoms with Crippen LogP contribution in [0.5, 0.6) is 0 Å². The fraction of sp³-hybridized carbons (Fsp3) is 0.357. The van der Waals surface area contributed by atoms with Gasteiger partial charge in [0.1, 0.15) is 4.33 Å². The highest BCUT2D eigenvalue weighted by Crippen LogP contribution is 2.63. The van der Waals surface area contributed by atoms with Crippen LogP contribution in [-0.4, -0.2) is 13.9 Å². The lowest BCUT2D eigenvalue weighted by Crippen LogP contribution is -2.04. The summed E-state index contributed by atoms with van der Waals surface area (Å²) in [6.45, 7) is 0. The van der Waals surface area contributed by atoms with Crippen molar-refractivity contribution in [3.8, 4) is 0 Å². The van der Waals surface area contributed by atoms with E-state index in [2.05, 4.69) is 17.1 Å². The van der Waals surface area contributed by atoms with E-state index < -0.39 is 4.33 Å². The van der Waals surface area contributed by atoms with Gasteiger partial charge < -0.3 is 4.57 Å². The minimum absolute atomic E-state index is 0.248. The summed E-state index contributed by atoms with van der Waals surface area (Å²) in [5, 5.41) is 1.24. The smallest absolute Gasteiger partial charge is 0.168 e. The Hall–Kier alpha value is -0.640. The summed E-state index contributed by atoms with van der Waals surface area (Å²) in [6, 6.07) is 10.4. The minimum Gasteiger partial charge on any atom is -0.329 e. The first-order valence-corrected chi connectivity index (χ1v) is 7.78. The third-order valence-electron chi connectivity index (χ3n) is 3.38. The standard InChI is InChI=1S/C14H14Cl2N2S/c1-18-8-7-17-13(18)19-12(11-9-14(11,15)16)10-5-3-2-4-6-10/h2-8,11-12H,9H2,1H3. The van der Waals surface area contributed by atoms with Crippen LogP contribution in [0.4, 0.5) is 0 Å². The molecule has 0 spiro atoms. The van der Waals surface area contributed by atoms with Gasteiger partial charge in [0, 0.05) is 30.6 Å². The van der Waals surface area contributed by atoms with Crippen molar-refractivity contribution in [2.24, 2.45) is 13.0 Å². The van der Waals surface area contributed by atoms with E-state index in [4.69, 9.17) is 23.2 Å². The molecule has 1 aliphatic carbocycles. The molecule has 0 N–H and O–H groups in total. The normalized spacial score (nSPS) is 22.2. The molecule has 19 heavy (non-hydrogen) atoms. The zero-order valence-corrected chi connectivity index (χ0v) is 12.8. The SMILES string of the molecule is Cn1ccnc1SC(c1ccccc1)C1CC1(Cl)Cl. The van der Waals surface area contributed by atoms with E-state index >= 15 is 0 Å². The summed E-state index contributed by atoms with van der Waals surface area (Å²) < 4.78 is 1.44. The lowest BCUT2D eigenvalue weighted by atomic mass is 10.1. The van der Waals surface area contributed by atoms with Crippen LogP contribution in [0, 0.1) is 5.92 Å². The topological polar surface area (TPSA) is 17.8 Å². The molecule has 1 aromatic carbocycles. The van der Waals surface area contributed by atoms with Gasteiger partial charge in [-0.2, -0.15) is 0 Å². The number of thioether (sulfide) groups is 1. The molecule has 1 fully saturated rings. The van der Waals surface area contributed by atoms with Gasteiger partial charge in [-0.15, -0.1) is 23.2 Å². The van der Waals surface area contributed by atoms with Crippen molar-refractivity contribution in [1.29, 1.82) is 0 Å². The number of benzene rings is 1. The molecule has 1 aliphatic rings. The second kappa shape index (κ2) is 5.04. The van der Waals surface area contributed by atoms with Crippen LogP contribution < -0.4 is 0 Å². The van der Waals surface area contributed by atoms with E-state index in [1.165, 1.54) is 5.56 Å². The quantitative estimate of drug-likeness (QED) is 0.613. The molecule has 2 nitrogen and oxygen atoms in total. The first-order chi connectivity index (χ1) is 9.08. The van der Waals surface area contributed by atoms with Gasteiger partial charge in [0.25, 0.3) is 0 Å². The molecule has 0 radical (unpaired) electrons. The monoisotopic (exact) mass is 312 g/mol. The molecule has 5 heteroatoms. The predicted molar refractivity (Wildman–Crippen MR) is 80.8 cm³/mol. The maximum Gasteiger partial charge on any atom is 0.168 e. The van der Waals surface area contributed by atoms with Crippen molar-refractivity contribution < 1.29 is 0 Å². The summed E-state index contributed by atoms with van der Waals surface area (Å²) in [5.74, 6) is 0.278. The molecule has 2 aromatic rings. The van der Waals surface area contributed by atoms with Crippen LogP contribution in [-0.2, 0) is 7.05 Å². The molecular formula is C14H14Cl2N2S. The fourth-order valence-corrected chi connectivity index (χ4v) is 4.26. The molecule has 3 rings (SSSR count). The summed E-state index contributed by atoms with van der Waals surface area (Å²) in [7, 11) is 2.00. The average Bonchev–Trinajstić information content (AvgIpc) is 2.83. The number of hydrogen-bond donors (Lipinski definition) is 0. The van der Waals surface area contributed by atoms with E-state index in [0.717, 1.165) is 11.6 Å². The van der Waals surface area contributed by atoms with Crippen LogP contribution in [0.15, 0.2) is 47.9 Å². The Morgan fingerprint density at radius 2 is 2.05 bits per heavy atom. The summed E-state index contributed by atoms with van der Waals surface area (Å²) in [5.41, 5.74) is 1.25. The van der Waals surface area contributed by atoms with Crippen LogP contribution in [0.3, 0.4) is 0 Å². The molecule has 2 unspecified atom stereocenters. The Balaban J connectivity index is 1.88. The number of nitrogens with zero attached hydrogens (tertiary/aromatic N) is 2. The Morgan fingerprint density at radius 1 is 1.37 bits per heavy atom. The maximum absolute atomic E-state index is 6.26. The first-order valence-electron chi connectivity index (χ1n) is 6.15. The van der Waals surface area contributed by atoms with Crippen molar-refractivity contribution in [3.63, 3.8) is 0 Å². The Kier molecular flexibility index (Phi) is 3.54. The molecular weight excluding hydrogens is 299 g/mol. The lowest BCUT2D eigenvalue weighted by molar-refractivity contribution is 0.758. The number of imidazole rings is 1. The predicted octanol–water partition coefficient (Wildman–Crippen LogP) is 4.45. The van der Waals surface area contributed by atoms with E-state index in [1.807, 2.05) is 42.2 Å². The van der Waals surface area contributed by atoms with E-state index in [0.29, 0.717) is 0 Å². The molecule has 1 heterocycles. The first kappa shape index (κ1) is 13.3. The third-order valence-corrected chi connectivity index (χ3v) is 5.71. The van der Waals surface area contributed by atoms with E-state index in [9.17, 15) is 0 Å². The Bertz CT molecular complexity index is 568. The van der Waals surface area contributed by atoms with Crippen molar-refractivity contribution in [3.05, 3.63) is 48.3 Å². The molecule has 0 aliphatic heterocycles. The molecule has 0 bridgehead atoms. The fourth-order valence-electron chi connectivity index (χ4n) is 2.17. The van der Waals surface area contributed by atoms with E-state index in [1.54, 1.807) is 11.8 Å². The third kappa shape index (κ3) is 2.78. The van der Waals surface area contributed by atoms with Crippen LogP contribution in [0.1, 0.15) is 17.2 Å². The van der Waals surface area contributed by atoms with Gasteiger partial charge in [0.2, 0.25) is 0 Å². The molecule has 1 saturated carbocycles. The van der Waals surface area contributed by atoms with Crippen molar-refractivity contribution in [2.45, 2.75) is 21.2 Å². The zero-order valence-electron chi connectivity index (χ0n) is 10.5. The number of aromatic nitrogens is 2. The second-order valence-corrected chi connectivity index (χ2v) is 7.49. The average molecular weight is 313 g/mol. The molecule has 100 valence electrons. The maximum atomic E-state index is 6.26. The molecule has 0 amide bonds. The van der Waals surface area contributed by atoms with Gasteiger partial charge in [0.05, 0.1) is 0 Å². The number of rotatable bonds is 4. The van der Waals surface area contributed by atoms with Crippen LogP contribution in [0.2, 0.25) is 0 Å². The largest absolute Gasteiger partial charge is 0.329 e.